The van der Waals surface area contributed by atoms with Gasteiger partial charge in [-0.2, -0.15) is 0 Å². The van der Waals surface area contributed by atoms with Crippen molar-refractivity contribution in [3.63, 3.8) is 0 Å². The number of hydrogen-bond acceptors (Lipinski definition) is 3. The summed E-state index contributed by atoms with van der Waals surface area (Å²) in [5, 5.41) is 13.8. The molecule has 106 valence electrons. The van der Waals surface area contributed by atoms with Crippen LogP contribution in [0, 0.1) is 5.92 Å². The van der Waals surface area contributed by atoms with Crippen molar-refractivity contribution in [2.24, 2.45) is 5.92 Å². The van der Waals surface area contributed by atoms with Crippen molar-refractivity contribution in [3.8, 4) is 0 Å². The number of benzene rings is 1. The van der Waals surface area contributed by atoms with E-state index in [1.807, 2.05) is 0 Å². The highest BCUT2D eigenvalue weighted by Crippen LogP contribution is 2.30. The molecule has 1 aliphatic rings. The molecule has 3 N–H and O–H groups in total. The zero-order chi connectivity index (χ0) is 14.5. The minimum atomic E-state index is -0.955. The van der Waals surface area contributed by atoms with Gasteiger partial charge in [-0.1, -0.05) is 0 Å². The first-order valence-electron chi connectivity index (χ1n) is 6.47. The summed E-state index contributed by atoms with van der Waals surface area (Å²) in [6.45, 7) is 0.0916. The van der Waals surface area contributed by atoms with E-state index in [0.29, 0.717) is 11.3 Å². The van der Waals surface area contributed by atoms with E-state index >= 15 is 0 Å². The number of carboxylic acids is 1. The summed E-state index contributed by atoms with van der Waals surface area (Å²) in [4.78, 5) is 33.6. The smallest absolute Gasteiger partial charge is 0.305 e. The highest BCUT2D eigenvalue weighted by molar-refractivity contribution is 5.96. The number of carbonyl (C=O) groups excluding carboxylic acids is 2. The second-order valence-electron chi connectivity index (χ2n) is 4.74. The Morgan fingerprint density at radius 1 is 1.15 bits per heavy atom. The number of hydrogen-bond donors (Lipinski definition) is 3. The first-order valence-corrected chi connectivity index (χ1v) is 6.47. The summed E-state index contributed by atoms with van der Waals surface area (Å²) >= 11 is 0. The Hall–Kier alpha value is -2.37. The summed E-state index contributed by atoms with van der Waals surface area (Å²) < 4.78 is 0. The monoisotopic (exact) mass is 276 g/mol. The second kappa shape index (κ2) is 6.18. The van der Waals surface area contributed by atoms with E-state index < -0.39 is 5.97 Å². The standard InChI is InChI=1S/C14H16N2O4/c17-12(18)7-8-15-13(19)9-3-5-11(6-4-9)16-14(20)10-1-2-10/h3-6,10H,1-2,7-8H2,(H,15,19)(H,16,20)(H,17,18). The van der Waals surface area contributed by atoms with Crippen molar-refractivity contribution in [2.45, 2.75) is 19.3 Å². The lowest BCUT2D eigenvalue weighted by Gasteiger charge is -2.06. The fourth-order valence-corrected chi connectivity index (χ4v) is 1.68. The summed E-state index contributed by atoms with van der Waals surface area (Å²) in [6, 6.07) is 6.51. The van der Waals surface area contributed by atoms with Gasteiger partial charge in [0.2, 0.25) is 5.91 Å². The van der Waals surface area contributed by atoms with Gasteiger partial charge in [0.15, 0.2) is 0 Å². The average Bonchev–Trinajstić information content (AvgIpc) is 3.23. The summed E-state index contributed by atoms with van der Waals surface area (Å²) in [5.41, 5.74) is 1.09. The molecule has 0 bridgehead atoms. The van der Waals surface area contributed by atoms with Gasteiger partial charge in [-0.05, 0) is 37.1 Å². The number of carbonyl (C=O) groups is 3. The minimum absolute atomic E-state index is 0.0173. The molecule has 2 amide bonds. The number of aliphatic carboxylic acids is 1. The van der Waals surface area contributed by atoms with Crippen molar-refractivity contribution in [2.75, 3.05) is 11.9 Å². The molecule has 1 aromatic rings. The molecule has 0 unspecified atom stereocenters. The normalized spacial score (nSPS) is 13.6. The van der Waals surface area contributed by atoms with Crippen LogP contribution in [0.25, 0.3) is 0 Å². The van der Waals surface area contributed by atoms with Crippen molar-refractivity contribution in [1.29, 1.82) is 0 Å². The zero-order valence-corrected chi connectivity index (χ0v) is 10.9. The average molecular weight is 276 g/mol. The molecule has 1 aromatic carbocycles. The lowest BCUT2D eigenvalue weighted by molar-refractivity contribution is -0.136. The van der Waals surface area contributed by atoms with Crippen LogP contribution in [0.15, 0.2) is 24.3 Å². The molecule has 0 heterocycles. The van der Waals surface area contributed by atoms with Crippen LogP contribution >= 0.6 is 0 Å². The fourth-order valence-electron chi connectivity index (χ4n) is 1.68. The van der Waals surface area contributed by atoms with Gasteiger partial charge in [-0.15, -0.1) is 0 Å². The van der Waals surface area contributed by atoms with E-state index in [4.69, 9.17) is 5.11 Å². The zero-order valence-electron chi connectivity index (χ0n) is 10.9. The predicted octanol–water partition coefficient (Wildman–Crippen LogP) is 1.24. The van der Waals surface area contributed by atoms with Crippen LogP contribution in [0.4, 0.5) is 5.69 Å². The molecule has 1 fully saturated rings. The minimum Gasteiger partial charge on any atom is -0.481 e. The lowest BCUT2D eigenvalue weighted by atomic mass is 10.2. The molecule has 6 heteroatoms. The molecule has 0 aromatic heterocycles. The third-order valence-corrected chi connectivity index (χ3v) is 2.99. The summed E-state index contributed by atoms with van der Waals surface area (Å²) in [7, 11) is 0. The van der Waals surface area contributed by atoms with Crippen LogP contribution in [0.2, 0.25) is 0 Å². The molecule has 0 spiro atoms. The molecule has 20 heavy (non-hydrogen) atoms. The van der Waals surface area contributed by atoms with Gasteiger partial charge in [-0.25, -0.2) is 0 Å². The highest BCUT2D eigenvalue weighted by Gasteiger charge is 2.29. The topological polar surface area (TPSA) is 95.5 Å². The molecule has 6 nitrogen and oxygen atoms in total. The van der Waals surface area contributed by atoms with E-state index in [9.17, 15) is 14.4 Å². The van der Waals surface area contributed by atoms with Gasteiger partial charge in [0, 0.05) is 23.7 Å². The van der Waals surface area contributed by atoms with Crippen LogP contribution in [0.1, 0.15) is 29.6 Å². The van der Waals surface area contributed by atoms with E-state index in [0.717, 1.165) is 12.8 Å². The van der Waals surface area contributed by atoms with Crippen LogP contribution in [-0.2, 0) is 9.59 Å². The molecule has 0 atom stereocenters. The molecule has 0 aliphatic heterocycles. The number of rotatable bonds is 6. The first kappa shape index (κ1) is 14.0. The summed E-state index contributed by atoms with van der Waals surface area (Å²) in [6.07, 6.45) is 1.77. The Labute approximate surface area is 116 Å². The van der Waals surface area contributed by atoms with Crippen LogP contribution < -0.4 is 10.6 Å². The van der Waals surface area contributed by atoms with Crippen LogP contribution in [-0.4, -0.2) is 29.4 Å². The SMILES string of the molecule is O=C(O)CCNC(=O)c1ccc(NC(=O)C2CC2)cc1. The van der Waals surface area contributed by atoms with Crippen molar-refractivity contribution >= 4 is 23.5 Å². The van der Waals surface area contributed by atoms with E-state index in [2.05, 4.69) is 10.6 Å². The largest absolute Gasteiger partial charge is 0.481 e. The molecule has 0 saturated heterocycles. The lowest BCUT2D eigenvalue weighted by Crippen LogP contribution is -2.25. The van der Waals surface area contributed by atoms with Gasteiger partial charge >= 0.3 is 5.97 Å². The summed E-state index contributed by atoms with van der Waals surface area (Å²) in [5.74, 6) is -1.13. The van der Waals surface area contributed by atoms with E-state index in [-0.39, 0.29) is 30.7 Å². The van der Waals surface area contributed by atoms with Crippen molar-refractivity contribution in [1.82, 2.24) is 5.32 Å². The Morgan fingerprint density at radius 2 is 1.80 bits per heavy atom. The van der Waals surface area contributed by atoms with Crippen molar-refractivity contribution < 1.29 is 19.5 Å². The van der Waals surface area contributed by atoms with Crippen LogP contribution in [0.5, 0.6) is 0 Å². The van der Waals surface area contributed by atoms with Gasteiger partial charge in [0.05, 0.1) is 6.42 Å². The van der Waals surface area contributed by atoms with Crippen molar-refractivity contribution in [3.05, 3.63) is 29.8 Å². The second-order valence-corrected chi connectivity index (χ2v) is 4.74. The molecular weight excluding hydrogens is 260 g/mol. The highest BCUT2D eigenvalue weighted by atomic mass is 16.4. The Bertz CT molecular complexity index is 520. The molecule has 1 saturated carbocycles. The first-order chi connectivity index (χ1) is 9.56. The fraction of sp³-hybridized carbons (Fsp3) is 0.357. The quantitative estimate of drug-likeness (QED) is 0.728. The molecule has 1 aliphatic carbocycles. The third kappa shape index (κ3) is 4.08. The molecule has 2 rings (SSSR count). The Kier molecular flexibility index (Phi) is 4.34. The van der Waals surface area contributed by atoms with Gasteiger partial charge in [0.1, 0.15) is 0 Å². The molecular formula is C14H16N2O4. The van der Waals surface area contributed by atoms with Gasteiger partial charge in [0.25, 0.3) is 5.91 Å². The van der Waals surface area contributed by atoms with Gasteiger partial charge in [-0.3, -0.25) is 14.4 Å². The maximum atomic E-state index is 11.7. The van der Waals surface area contributed by atoms with E-state index in [1.54, 1.807) is 24.3 Å². The Balaban J connectivity index is 1.85. The maximum absolute atomic E-state index is 11.7. The molecule has 0 radical (unpaired) electrons. The van der Waals surface area contributed by atoms with E-state index in [1.165, 1.54) is 0 Å². The third-order valence-electron chi connectivity index (χ3n) is 2.99. The maximum Gasteiger partial charge on any atom is 0.305 e. The number of amides is 2. The van der Waals surface area contributed by atoms with Gasteiger partial charge < -0.3 is 15.7 Å². The van der Waals surface area contributed by atoms with Crippen LogP contribution in [0.3, 0.4) is 0 Å². The number of carboxylic acid groups (broad SMARTS) is 1. The number of nitrogens with one attached hydrogen (secondary N) is 2. The predicted molar refractivity (Wildman–Crippen MR) is 72.4 cm³/mol. The number of anilines is 1. The Morgan fingerprint density at radius 3 is 2.35 bits per heavy atom.